The number of ether oxygens (including phenoxy) is 2. The normalized spacial score (nSPS) is 18.8. The molecule has 3 N–H and O–H groups in total. The highest BCUT2D eigenvalue weighted by Crippen LogP contribution is 2.22. The van der Waals surface area contributed by atoms with Crippen molar-refractivity contribution in [3.63, 3.8) is 0 Å². The fraction of sp³-hybridized carbons (Fsp3) is 0.500. The zero-order chi connectivity index (χ0) is 28.7. The molecule has 0 radical (unpaired) electrons. The predicted octanol–water partition coefficient (Wildman–Crippen LogP) is 3.85. The molecule has 208 valence electrons. The molecule has 2 amide bonds. The second-order valence-corrected chi connectivity index (χ2v) is 10.2. The first-order valence-corrected chi connectivity index (χ1v) is 12.8. The summed E-state index contributed by atoms with van der Waals surface area (Å²) < 4.78 is 10.4. The van der Waals surface area contributed by atoms with E-state index in [-0.39, 0.29) is 23.7 Å². The van der Waals surface area contributed by atoms with E-state index in [1.165, 1.54) is 25.5 Å². The topological polar surface area (TPSA) is 114 Å². The molecule has 38 heavy (non-hydrogen) atoms. The summed E-state index contributed by atoms with van der Waals surface area (Å²) in [4.78, 5) is 37.0. The van der Waals surface area contributed by atoms with Gasteiger partial charge in [0.25, 0.3) is 0 Å². The minimum absolute atomic E-state index is 0.0493. The van der Waals surface area contributed by atoms with Crippen LogP contribution in [-0.4, -0.2) is 48.2 Å². The van der Waals surface area contributed by atoms with Crippen LogP contribution in [0.2, 0.25) is 0 Å². The molecule has 0 bridgehead atoms. The van der Waals surface area contributed by atoms with E-state index in [0.717, 1.165) is 5.57 Å². The van der Waals surface area contributed by atoms with Crippen LogP contribution in [0.4, 0.5) is 0 Å². The summed E-state index contributed by atoms with van der Waals surface area (Å²) in [7, 11) is 1.43. The average molecular weight is 527 g/mol. The second-order valence-electron chi connectivity index (χ2n) is 10.2. The Morgan fingerprint density at radius 2 is 1.97 bits per heavy atom. The van der Waals surface area contributed by atoms with Crippen molar-refractivity contribution in [1.29, 1.82) is 0 Å². The predicted molar refractivity (Wildman–Crippen MR) is 148 cm³/mol. The Morgan fingerprint density at radius 1 is 1.29 bits per heavy atom. The van der Waals surface area contributed by atoms with Crippen LogP contribution in [-0.2, 0) is 23.9 Å². The summed E-state index contributed by atoms with van der Waals surface area (Å²) in [6, 6.07) is -0.779. The summed E-state index contributed by atoms with van der Waals surface area (Å²) >= 11 is 0. The number of cyclic esters (lactones) is 1. The summed E-state index contributed by atoms with van der Waals surface area (Å²) in [5.41, 5.74) is 0.241. The lowest BCUT2D eigenvalue weighted by Crippen LogP contribution is -2.52. The van der Waals surface area contributed by atoms with Crippen LogP contribution in [0.1, 0.15) is 60.8 Å². The lowest BCUT2D eigenvalue weighted by Gasteiger charge is -2.29. The van der Waals surface area contributed by atoms with Crippen molar-refractivity contribution < 1.29 is 29.0 Å². The number of carbonyl (C=O) groups excluding carboxylic acids is 3. The Bertz CT molecular complexity index is 1030. The first kappa shape index (κ1) is 32.5. The Kier molecular flexibility index (Phi) is 13.9. The third-order valence-electron chi connectivity index (χ3n) is 5.71. The van der Waals surface area contributed by atoms with Gasteiger partial charge < -0.3 is 25.2 Å². The van der Waals surface area contributed by atoms with Crippen molar-refractivity contribution in [3.05, 3.63) is 60.1 Å². The number of rotatable bonds is 11. The molecule has 1 aliphatic rings. The zero-order valence-corrected chi connectivity index (χ0v) is 23.5. The van der Waals surface area contributed by atoms with Crippen LogP contribution in [0.5, 0.6) is 0 Å². The molecule has 0 saturated heterocycles. The van der Waals surface area contributed by atoms with Crippen LogP contribution in [0.3, 0.4) is 0 Å². The second kappa shape index (κ2) is 16.3. The number of hydrogen-bond donors (Lipinski definition) is 3. The smallest absolute Gasteiger partial charge is 0.373 e. The van der Waals surface area contributed by atoms with Crippen LogP contribution in [0.15, 0.2) is 60.1 Å². The van der Waals surface area contributed by atoms with Crippen molar-refractivity contribution in [2.75, 3.05) is 7.11 Å². The van der Waals surface area contributed by atoms with Crippen molar-refractivity contribution in [3.8, 4) is 11.8 Å². The van der Waals surface area contributed by atoms with Gasteiger partial charge in [-0.15, -0.1) is 0 Å². The number of nitrogens with one attached hydrogen (secondary N) is 2. The Morgan fingerprint density at radius 3 is 2.58 bits per heavy atom. The van der Waals surface area contributed by atoms with Gasteiger partial charge in [-0.25, -0.2) is 4.79 Å². The van der Waals surface area contributed by atoms with Crippen LogP contribution >= 0.6 is 0 Å². The van der Waals surface area contributed by atoms with Crippen LogP contribution in [0.25, 0.3) is 0 Å². The maximum absolute atomic E-state index is 12.7. The number of aliphatic hydroxyl groups is 1. The van der Waals surface area contributed by atoms with E-state index in [9.17, 15) is 19.5 Å². The van der Waals surface area contributed by atoms with Gasteiger partial charge in [0.05, 0.1) is 13.2 Å². The lowest BCUT2D eigenvalue weighted by atomic mass is 9.86. The number of amides is 2. The standard InChI is InChI=1S/C30H42N2O6/c1-8-9-14-23(33)15-12-19-31-28(35)27(30(4,5)6)32-26(34)16-11-10-13-21(2)20-22(3)24-17-18-25(37-7)29(36)38-24/h8-9,11-12,16,18-20,22-24,27,33H,14-15,17H2,1-7H3,(H,31,35)(H,32,34)/b9-8-,16-11-,19-12-,21-20+/t22-,23-,24?,27+/m0/s1. The third-order valence-corrected chi connectivity index (χ3v) is 5.71. The Balaban J connectivity index is 2.67. The zero-order valence-electron chi connectivity index (χ0n) is 23.5. The fourth-order valence-corrected chi connectivity index (χ4v) is 3.56. The minimum atomic E-state index is -0.779. The van der Waals surface area contributed by atoms with Gasteiger partial charge in [0, 0.05) is 18.4 Å². The Hall–Kier alpha value is -3.57. The van der Waals surface area contributed by atoms with E-state index in [4.69, 9.17) is 9.47 Å². The van der Waals surface area contributed by atoms with Crippen LogP contribution in [0, 0.1) is 23.2 Å². The van der Waals surface area contributed by atoms with Gasteiger partial charge in [-0.2, -0.15) is 0 Å². The van der Waals surface area contributed by atoms with Gasteiger partial charge in [0.1, 0.15) is 12.1 Å². The van der Waals surface area contributed by atoms with Gasteiger partial charge in [0.2, 0.25) is 11.8 Å². The Labute approximate surface area is 226 Å². The summed E-state index contributed by atoms with van der Waals surface area (Å²) in [6.07, 6.45) is 14.0. The molecule has 8 nitrogen and oxygen atoms in total. The number of allylic oxidation sites excluding steroid dienone is 3. The van der Waals surface area contributed by atoms with E-state index >= 15 is 0 Å². The van der Waals surface area contributed by atoms with E-state index in [1.54, 1.807) is 12.2 Å². The van der Waals surface area contributed by atoms with Gasteiger partial charge >= 0.3 is 5.97 Å². The third kappa shape index (κ3) is 12.1. The molecule has 4 atom stereocenters. The molecule has 0 aromatic rings. The lowest BCUT2D eigenvalue weighted by molar-refractivity contribution is -0.151. The highest BCUT2D eigenvalue weighted by Gasteiger charge is 2.32. The number of carbonyl (C=O) groups is 3. The monoisotopic (exact) mass is 526 g/mol. The van der Waals surface area contributed by atoms with E-state index in [2.05, 4.69) is 22.5 Å². The van der Waals surface area contributed by atoms with Gasteiger partial charge in [-0.05, 0) is 56.0 Å². The van der Waals surface area contributed by atoms with Crippen molar-refractivity contribution in [2.45, 2.75) is 79.1 Å². The molecule has 0 saturated carbocycles. The molecular formula is C30H42N2O6. The average Bonchev–Trinajstić information content (AvgIpc) is 2.85. The van der Waals surface area contributed by atoms with E-state index in [1.807, 2.05) is 59.8 Å². The molecule has 1 aliphatic heterocycles. The highest BCUT2D eigenvalue weighted by molar-refractivity contribution is 5.93. The number of methoxy groups -OCH3 is 1. The summed E-state index contributed by atoms with van der Waals surface area (Å²) in [6.45, 7) is 11.2. The molecule has 0 aliphatic carbocycles. The first-order valence-electron chi connectivity index (χ1n) is 12.8. The fourth-order valence-electron chi connectivity index (χ4n) is 3.56. The molecule has 1 unspecified atom stereocenters. The van der Waals surface area contributed by atoms with Crippen molar-refractivity contribution in [1.82, 2.24) is 10.6 Å². The molecule has 8 heteroatoms. The minimum Gasteiger partial charge on any atom is -0.490 e. The number of esters is 1. The molecule has 1 heterocycles. The molecule has 0 aromatic heterocycles. The SMILES string of the molecule is C/C=C\C[C@H](O)C/C=C\NC(=O)[C@@H](NC(=O)/C=C\C#C/C(C)=C/[C@H](C)C1CC=C(OC)C(=O)O1)C(C)(C)C. The maximum atomic E-state index is 12.7. The van der Waals surface area contributed by atoms with Crippen molar-refractivity contribution >= 4 is 17.8 Å². The maximum Gasteiger partial charge on any atom is 0.373 e. The summed E-state index contributed by atoms with van der Waals surface area (Å²) in [5.74, 6) is 4.67. The largest absolute Gasteiger partial charge is 0.490 e. The van der Waals surface area contributed by atoms with E-state index in [0.29, 0.717) is 19.3 Å². The molecule has 0 fully saturated rings. The van der Waals surface area contributed by atoms with E-state index < -0.39 is 29.4 Å². The first-order chi connectivity index (χ1) is 17.9. The number of hydrogen-bond acceptors (Lipinski definition) is 6. The van der Waals surface area contributed by atoms with Crippen molar-refractivity contribution in [2.24, 2.45) is 11.3 Å². The highest BCUT2D eigenvalue weighted by atomic mass is 16.6. The van der Waals surface area contributed by atoms with Gasteiger partial charge in [-0.3, -0.25) is 9.59 Å². The number of aliphatic hydroxyl groups excluding tert-OH is 1. The van der Waals surface area contributed by atoms with Gasteiger partial charge in [-0.1, -0.05) is 63.8 Å². The quantitative estimate of drug-likeness (QED) is 0.163. The van der Waals surface area contributed by atoms with Gasteiger partial charge in [0.15, 0.2) is 5.76 Å². The molecule has 1 rings (SSSR count). The van der Waals surface area contributed by atoms with Crippen LogP contribution < -0.4 is 10.6 Å². The molecule has 0 spiro atoms. The summed E-state index contributed by atoms with van der Waals surface area (Å²) in [5, 5.41) is 15.3. The molecular weight excluding hydrogens is 484 g/mol. The molecule has 0 aromatic carbocycles.